The summed E-state index contributed by atoms with van der Waals surface area (Å²) in [6.45, 7) is 1.37. The average molecular weight is 247 g/mol. The first-order valence-electron chi connectivity index (χ1n) is 6.08. The first-order valence-corrected chi connectivity index (χ1v) is 6.08. The zero-order chi connectivity index (χ0) is 12.8. The van der Waals surface area contributed by atoms with Crippen LogP contribution in [0, 0.1) is 0 Å². The van der Waals surface area contributed by atoms with Crippen molar-refractivity contribution in [3.05, 3.63) is 30.4 Å². The van der Waals surface area contributed by atoms with Crippen molar-refractivity contribution in [2.24, 2.45) is 5.73 Å². The Hall–Kier alpha value is -1.95. The number of rotatable bonds is 6. The Morgan fingerprint density at radius 1 is 1.33 bits per heavy atom. The summed E-state index contributed by atoms with van der Waals surface area (Å²) in [7, 11) is 0. The third-order valence-electron chi connectivity index (χ3n) is 2.74. The number of carbonyl (C=O) groups is 1. The predicted molar refractivity (Wildman–Crippen MR) is 68.2 cm³/mol. The predicted octanol–water partition coefficient (Wildman–Crippen LogP) is 0.588. The number of nitrogens with zero attached hydrogens (tertiary/aromatic N) is 3. The Morgan fingerprint density at radius 3 is 3.06 bits per heavy atom. The molecule has 0 aliphatic carbocycles. The first kappa shape index (κ1) is 12.5. The van der Waals surface area contributed by atoms with Crippen LogP contribution in [0.1, 0.15) is 29.6 Å². The second kappa shape index (κ2) is 6.11. The molecule has 0 spiro atoms. The molecule has 0 unspecified atom stereocenters. The number of fused-ring (bicyclic) bond motifs is 1. The van der Waals surface area contributed by atoms with E-state index in [2.05, 4.69) is 15.4 Å². The molecule has 2 heterocycles. The van der Waals surface area contributed by atoms with E-state index in [1.165, 1.54) is 0 Å². The highest BCUT2D eigenvalue weighted by atomic mass is 16.1. The van der Waals surface area contributed by atoms with Gasteiger partial charge in [-0.2, -0.15) is 5.10 Å². The van der Waals surface area contributed by atoms with E-state index in [1.807, 2.05) is 0 Å². The highest BCUT2D eigenvalue weighted by molar-refractivity contribution is 6.00. The molecule has 3 N–H and O–H groups in total. The van der Waals surface area contributed by atoms with Gasteiger partial charge in [0.15, 0.2) is 0 Å². The minimum absolute atomic E-state index is 0.106. The van der Waals surface area contributed by atoms with Gasteiger partial charge in [-0.3, -0.25) is 9.78 Å². The van der Waals surface area contributed by atoms with Crippen molar-refractivity contribution in [3.63, 3.8) is 0 Å². The lowest BCUT2D eigenvalue weighted by Gasteiger charge is -2.03. The monoisotopic (exact) mass is 247 g/mol. The fourth-order valence-corrected chi connectivity index (χ4v) is 1.75. The summed E-state index contributed by atoms with van der Waals surface area (Å²) in [5, 5.41) is 6.97. The van der Waals surface area contributed by atoms with Crippen molar-refractivity contribution in [2.75, 3.05) is 13.1 Å². The average Bonchev–Trinajstić information content (AvgIpc) is 2.82. The minimum Gasteiger partial charge on any atom is -0.352 e. The lowest BCUT2D eigenvalue weighted by Crippen LogP contribution is -2.24. The molecule has 0 bridgehead atoms. The molecule has 0 aliphatic rings. The quantitative estimate of drug-likeness (QED) is 0.731. The number of nitrogens with one attached hydrogen (secondary N) is 1. The van der Waals surface area contributed by atoms with E-state index in [0.717, 1.165) is 24.8 Å². The number of amides is 1. The third kappa shape index (κ3) is 2.84. The van der Waals surface area contributed by atoms with Gasteiger partial charge >= 0.3 is 0 Å². The van der Waals surface area contributed by atoms with Gasteiger partial charge in [-0.05, 0) is 19.4 Å². The Morgan fingerprint density at radius 2 is 2.22 bits per heavy atom. The second-order valence-electron chi connectivity index (χ2n) is 4.07. The van der Waals surface area contributed by atoms with E-state index in [-0.39, 0.29) is 5.91 Å². The van der Waals surface area contributed by atoms with Gasteiger partial charge in [-0.1, -0.05) is 6.42 Å². The number of nitrogens with two attached hydrogens (primary N) is 1. The van der Waals surface area contributed by atoms with Crippen LogP contribution in [0.5, 0.6) is 0 Å². The molecule has 0 atom stereocenters. The van der Waals surface area contributed by atoms with Crippen molar-refractivity contribution in [1.82, 2.24) is 19.9 Å². The van der Waals surface area contributed by atoms with E-state index in [1.54, 1.807) is 29.3 Å². The van der Waals surface area contributed by atoms with Crippen LogP contribution < -0.4 is 11.1 Å². The van der Waals surface area contributed by atoms with E-state index < -0.39 is 0 Å². The normalized spacial score (nSPS) is 10.7. The van der Waals surface area contributed by atoms with Crippen molar-refractivity contribution in [2.45, 2.75) is 19.3 Å². The lowest BCUT2D eigenvalue weighted by atomic mass is 10.2. The van der Waals surface area contributed by atoms with E-state index >= 15 is 0 Å². The zero-order valence-electron chi connectivity index (χ0n) is 10.2. The number of aromatic nitrogens is 3. The number of unbranched alkanes of at least 4 members (excludes halogenated alkanes) is 2. The number of carbonyl (C=O) groups excluding carboxylic acids is 1. The molecule has 18 heavy (non-hydrogen) atoms. The van der Waals surface area contributed by atoms with E-state index in [9.17, 15) is 4.79 Å². The number of hydrogen-bond acceptors (Lipinski definition) is 4. The van der Waals surface area contributed by atoms with Crippen molar-refractivity contribution >= 4 is 11.4 Å². The Balaban J connectivity index is 1.93. The first-order chi connectivity index (χ1) is 8.83. The standard InChI is InChI=1S/C12H17N5O/c13-4-2-1-3-5-15-12(18)10-8-16-17-7-6-14-9-11(10)17/h6-9H,1-5,13H2,(H,15,18). The molecule has 96 valence electrons. The van der Waals surface area contributed by atoms with E-state index in [0.29, 0.717) is 18.7 Å². The summed E-state index contributed by atoms with van der Waals surface area (Å²) < 4.78 is 1.64. The molecule has 2 aromatic heterocycles. The zero-order valence-corrected chi connectivity index (χ0v) is 10.2. The summed E-state index contributed by atoms with van der Waals surface area (Å²) in [5.41, 5.74) is 6.68. The summed E-state index contributed by atoms with van der Waals surface area (Å²) in [4.78, 5) is 15.9. The summed E-state index contributed by atoms with van der Waals surface area (Å²) in [6, 6.07) is 0. The SMILES string of the molecule is NCCCCCNC(=O)c1cnn2ccncc12. The summed E-state index contributed by atoms with van der Waals surface area (Å²) in [5.74, 6) is -0.106. The molecule has 1 amide bonds. The lowest BCUT2D eigenvalue weighted by molar-refractivity contribution is 0.0954. The molecule has 6 heteroatoms. The highest BCUT2D eigenvalue weighted by Gasteiger charge is 2.11. The van der Waals surface area contributed by atoms with Crippen LogP contribution in [0.2, 0.25) is 0 Å². The molecule has 0 radical (unpaired) electrons. The molecule has 6 nitrogen and oxygen atoms in total. The van der Waals surface area contributed by atoms with Crippen LogP contribution in [0.15, 0.2) is 24.8 Å². The van der Waals surface area contributed by atoms with Crippen molar-refractivity contribution < 1.29 is 4.79 Å². The molecular weight excluding hydrogens is 230 g/mol. The smallest absolute Gasteiger partial charge is 0.255 e. The Bertz CT molecular complexity index is 522. The maximum Gasteiger partial charge on any atom is 0.255 e. The molecule has 0 aliphatic heterocycles. The van der Waals surface area contributed by atoms with Gasteiger partial charge in [0.1, 0.15) is 0 Å². The fraction of sp³-hybridized carbons (Fsp3) is 0.417. The van der Waals surface area contributed by atoms with E-state index in [4.69, 9.17) is 5.73 Å². The van der Waals surface area contributed by atoms with Crippen LogP contribution >= 0.6 is 0 Å². The summed E-state index contributed by atoms with van der Waals surface area (Å²) in [6.07, 6.45) is 9.52. The Labute approximate surface area is 105 Å². The van der Waals surface area contributed by atoms with Gasteiger partial charge in [0.2, 0.25) is 0 Å². The largest absolute Gasteiger partial charge is 0.352 e. The van der Waals surface area contributed by atoms with Crippen LogP contribution in [0.3, 0.4) is 0 Å². The fourth-order valence-electron chi connectivity index (χ4n) is 1.75. The van der Waals surface area contributed by atoms with Gasteiger partial charge in [-0.25, -0.2) is 4.52 Å². The van der Waals surface area contributed by atoms with Crippen LogP contribution in [-0.4, -0.2) is 33.6 Å². The highest BCUT2D eigenvalue weighted by Crippen LogP contribution is 2.08. The maximum atomic E-state index is 11.9. The second-order valence-corrected chi connectivity index (χ2v) is 4.07. The van der Waals surface area contributed by atoms with Gasteiger partial charge in [-0.15, -0.1) is 0 Å². The third-order valence-corrected chi connectivity index (χ3v) is 2.74. The molecule has 0 saturated carbocycles. The molecular formula is C12H17N5O. The van der Waals surface area contributed by atoms with Gasteiger partial charge in [0.25, 0.3) is 5.91 Å². The number of hydrogen-bond donors (Lipinski definition) is 2. The maximum absolute atomic E-state index is 11.9. The van der Waals surface area contributed by atoms with Crippen molar-refractivity contribution in [3.8, 4) is 0 Å². The van der Waals surface area contributed by atoms with Crippen molar-refractivity contribution in [1.29, 1.82) is 0 Å². The molecule has 2 aromatic rings. The molecule has 0 saturated heterocycles. The molecule has 0 aromatic carbocycles. The van der Waals surface area contributed by atoms with Crippen LogP contribution in [-0.2, 0) is 0 Å². The van der Waals surface area contributed by atoms with Crippen LogP contribution in [0.25, 0.3) is 5.52 Å². The van der Waals surface area contributed by atoms with Gasteiger partial charge in [0, 0.05) is 18.9 Å². The molecule has 2 rings (SSSR count). The Kier molecular flexibility index (Phi) is 4.25. The summed E-state index contributed by atoms with van der Waals surface area (Å²) >= 11 is 0. The topological polar surface area (TPSA) is 85.3 Å². The van der Waals surface area contributed by atoms with Gasteiger partial charge in [0.05, 0.1) is 23.5 Å². The van der Waals surface area contributed by atoms with Gasteiger partial charge < -0.3 is 11.1 Å². The van der Waals surface area contributed by atoms with Crippen LogP contribution in [0.4, 0.5) is 0 Å². The minimum atomic E-state index is -0.106. The molecule has 0 fully saturated rings.